The molecule has 0 spiro atoms. The van der Waals surface area contributed by atoms with Gasteiger partial charge >= 0.3 is 5.97 Å². The quantitative estimate of drug-likeness (QED) is 0.924. The van der Waals surface area contributed by atoms with Crippen LogP contribution in [-0.2, 0) is 0 Å². The second kappa shape index (κ2) is 5.06. The van der Waals surface area contributed by atoms with E-state index in [2.05, 4.69) is 4.98 Å². The van der Waals surface area contributed by atoms with Gasteiger partial charge in [-0.05, 0) is 18.2 Å². The predicted octanol–water partition coefficient (Wildman–Crippen LogP) is 3.11. The minimum atomic E-state index is -1.01. The maximum atomic E-state index is 10.8. The van der Waals surface area contributed by atoms with Crippen molar-refractivity contribution in [2.24, 2.45) is 0 Å². The number of rotatable bonds is 3. The van der Waals surface area contributed by atoms with Crippen molar-refractivity contribution in [3.05, 3.63) is 47.2 Å². The number of carbonyl (C=O) groups is 1. The van der Waals surface area contributed by atoms with Crippen molar-refractivity contribution in [3.63, 3.8) is 0 Å². The molecule has 1 heterocycles. The standard InChI is InChI=1S/C13H10ClNO3/c1-18-10-4-9(6-15-7-10)11-3-2-8(13(16)17)5-12(11)14/h2-7H,1H3,(H,16,17). The monoisotopic (exact) mass is 263 g/mol. The smallest absolute Gasteiger partial charge is 0.335 e. The number of ether oxygens (including phenoxy) is 1. The Kier molecular flexibility index (Phi) is 3.48. The Morgan fingerprint density at radius 2 is 2.11 bits per heavy atom. The Hall–Kier alpha value is -2.07. The fourth-order valence-electron chi connectivity index (χ4n) is 1.56. The molecule has 0 amide bonds. The molecule has 92 valence electrons. The van der Waals surface area contributed by atoms with Crippen LogP contribution in [-0.4, -0.2) is 23.2 Å². The van der Waals surface area contributed by atoms with Gasteiger partial charge in [-0.1, -0.05) is 17.7 Å². The second-order valence-electron chi connectivity index (χ2n) is 3.61. The normalized spacial score (nSPS) is 10.1. The Morgan fingerprint density at radius 1 is 1.33 bits per heavy atom. The lowest BCUT2D eigenvalue weighted by Gasteiger charge is -2.06. The predicted molar refractivity (Wildman–Crippen MR) is 68.2 cm³/mol. The molecule has 0 atom stereocenters. The van der Waals surface area contributed by atoms with Gasteiger partial charge in [-0.15, -0.1) is 0 Å². The molecule has 0 bridgehead atoms. The Labute approximate surface area is 109 Å². The minimum Gasteiger partial charge on any atom is -0.495 e. The number of methoxy groups -OCH3 is 1. The molecule has 2 rings (SSSR count). The molecule has 0 unspecified atom stereocenters. The summed E-state index contributed by atoms with van der Waals surface area (Å²) in [5.74, 6) is -0.391. The van der Waals surface area contributed by atoms with Crippen molar-refractivity contribution in [3.8, 4) is 16.9 Å². The minimum absolute atomic E-state index is 0.152. The number of aromatic carboxylic acids is 1. The highest BCUT2D eigenvalue weighted by molar-refractivity contribution is 6.33. The molecule has 0 aliphatic rings. The Morgan fingerprint density at radius 3 is 2.72 bits per heavy atom. The van der Waals surface area contributed by atoms with Crippen molar-refractivity contribution >= 4 is 17.6 Å². The van der Waals surface area contributed by atoms with Crippen LogP contribution in [0.2, 0.25) is 5.02 Å². The van der Waals surface area contributed by atoms with E-state index < -0.39 is 5.97 Å². The first kappa shape index (κ1) is 12.4. The first-order chi connectivity index (χ1) is 8.61. The number of benzene rings is 1. The molecule has 2 aromatic rings. The summed E-state index contributed by atoms with van der Waals surface area (Å²) in [6, 6.07) is 6.36. The molecule has 1 aromatic carbocycles. The Balaban J connectivity index is 2.47. The zero-order valence-corrected chi connectivity index (χ0v) is 10.3. The van der Waals surface area contributed by atoms with Crippen LogP contribution in [0.3, 0.4) is 0 Å². The van der Waals surface area contributed by atoms with Gasteiger partial charge < -0.3 is 9.84 Å². The number of pyridine rings is 1. The van der Waals surface area contributed by atoms with Gasteiger partial charge in [0.05, 0.1) is 18.9 Å². The van der Waals surface area contributed by atoms with E-state index in [1.807, 2.05) is 0 Å². The van der Waals surface area contributed by atoms with Crippen molar-refractivity contribution < 1.29 is 14.6 Å². The van der Waals surface area contributed by atoms with Gasteiger partial charge in [0.1, 0.15) is 5.75 Å². The summed E-state index contributed by atoms with van der Waals surface area (Å²) in [6.07, 6.45) is 3.23. The average Bonchev–Trinajstić information content (AvgIpc) is 2.38. The van der Waals surface area contributed by atoms with Gasteiger partial charge in [0.25, 0.3) is 0 Å². The first-order valence-corrected chi connectivity index (χ1v) is 5.52. The van der Waals surface area contributed by atoms with Crippen molar-refractivity contribution in [1.29, 1.82) is 0 Å². The average molecular weight is 264 g/mol. The highest BCUT2D eigenvalue weighted by atomic mass is 35.5. The van der Waals surface area contributed by atoms with E-state index in [4.69, 9.17) is 21.4 Å². The van der Waals surface area contributed by atoms with Gasteiger partial charge in [0, 0.05) is 22.3 Å². The van der Waals surface area contributed by atoms with Gasteiger partial charge in [-0.2, -0.15) is 0 Å². The van der Waals surface area contributed by atoms with Crippen LogP contribution in [0.25, 0.3) is 11.1 Å². The van der Waals surface area contributed by atoms with Gasteiger partial charge in [-0.3, -0.25) is 4.98 Å². The van der Waals surface area contributed by atoms with E-state index in [0.717, 1.165) is 5.56 Å². The summed E-state index contributed by atoms with van der Waals surface area (Å²) >= 11 is 6.07. The summed E-state index contributed by atoms with van der Waals surface area (Å²) in [7, 11) is 1.55. The van der Waals surface area contributed by atoms with Crippen molar-refractivity contribution in [2.75, 3.05) is 7.11 Å². The zero-order valence-electron chi connectivity index (χ0n) is 9.55. The van der Waals surface area contributed by atoms with Crippen LogP contribution >= 0.6 is 11.6 Å². The maximum Gasteiger partial charge on any atom is 0.335 e. The third-order valence-corrected chi connectivity index (χ3v) is 2.79. The molecule has 0 saturated carbocycles. The molecule has 4 nitrogen and oxygen atoms in total. The summed E-state index contributed by atoms with van der Waals surface area (Å²) in [5, 5.41) is 9.23. The Bertz CT molecular complexity index is 599. The van der Waals surface area contributed by atoms with Crippen LogP contribution < -0.4 is 4.74 Å². The van der Waals surface area contributed by atoms with E-state index in [1.54, 1.807) is 31.6 Å². The zero-order chi connectivity index (χ0) is 13.1. The van der Waals surface area contributed by atoms with Crippen molar-refractivity contribution in [1.82, 2.24) is 4.98 Å². The third-order valence-electron chi connectivity index (χ3n) is 2.48. The molecule has 0 radical (unpaired) electrons. The third kappa shape index (κ3) is 2.43. The number of hydrogen-bond acceptors (Lipinski definition) is 3. The van der Waals surface area contributed by atoms with E-state index in [-0.39, 0.29) is 5.56 Å². The summed E-state index contributed by atoms with van der Waals surface area (Å²) < 4.78 is 5.08. The summed E-state index contributed by atoms with van der Waals surface area (Å²) in [6.45, 7) is 0. The van der Waals surface area contributed by atoms with Crippen LogP contribution in [0.5, 0.6) is 5.75 Å². The molecule has 0 aliphatic heterocycles. The molecule has 1 N–H and O–H groups in total. The number of carboxylic acids is 1. The summed E-state index contributed by atoms with van der Waals surface area (Å²) in [5.41, 5.74) is 1.64. The van der Waals surface area contributed by atoms with Crippen molar-refractivity contribution in [2.45, 2.75) is 0 Å². The molecular weight excluding hydrogens is 254 g/mol. The summed E-state index contributed by atoms with van der Waals surface area (Å²) in [4.78, 5) is 14.8. The number of hydrogen-bond donors (Lipinski definition) is 1. The highest BCUT2D eigenvalue weighted by Gasteiger charge is 2.09. The lowest BCUT2D eigenvalue weighted by Crippen LogP contribution is -1.96. The largest absolute Gasteiger partial charge is 0.495 e. The van der Waals surface area contributed by atoms with Crippen LogP contribution in [0.4, 0.5) is 0 Å². The highest BCUT2D eigenvalue weighted by Crippen LogP contribution is 2.30. The molecule has 1 aromatic heterocycles. The fourth-order valence-corrected chi connectivity index (χ4v) is 1.85. The fraction of sp³-hybridized carbons (Fsp3) is 0.0769. The maximum absolute atomic E-state index is 10.8. The SMILES string of the molecule is COc1cncc(-c2ccc(C(=O)O)cc2Cl)c1. The lowest BCUT2D eigenvalue weighted by atomic mass is 10.1. The molecule has 18 heavy (non-hydrogen) atoms. The first-order valence-electron chi connectivity index (χ1n) is 5.14. The van der Waals surface area contributed by atoms with Gasteiger partial charge in [0.2, 0.25) is 0 Å². The van der Waals surface area contributed by atoms with Gasteiger partial charge in [0.15, 0.2) is 0 Å². The molecule has 5 heteroatoms. The number of aromatic nitrogens is 1. The van der Waals surface area contributed by atoms with Crippen LogP contribution in [0, 0.1) is 0 Å². The van der Waals surface area contributed by atoms with E-state index >= 15 is 0 Å². The molecule has 0 saturated heterocycles. The number of carboxylic acid groups (broad SMARTS) is 1. The number of halogens is 1. The van der Waals surface area contributed by atoms with E-state index in [0.29, 0.717) is 16.3 Å². The molecule has 0 fully saturated rings. The van der Waals surface area contributed by atoms with E-state index in [9.17, 15) is 4.79 Å². The number of nitrogens with zero attached hydrogens (tertiary/aromatic N) is 1. The molecular formula is C13H10ClNO3. The lowest BCUT2D eigenvalue weighted by molar-refractivity contribution is 0.0697. The van der Waals surface area contributed by atoms with Crippen LogP contribution in [0.1, 0.15) is 10.4 Å². The van der Waals surface area contributed by atoms with E-state index in [1.165, 1.54) is 12.1 Å². The van der Waals surface area contributed by atoms with Gasteiger partial charge in [-0.25, -0.2) is 4.79 Å². The molecule has 0 aliphatic carbocycles. The second-order valence-corrected chi connectivity index (χ2v) is 4.02. The van der Waals surface area contributed by atoms with Crippen LogP contribution in [0.15, 0.2) is 36.7 Å². The topological polar surface area (TPSA) is 59.4 Å².